The van der Waals surface area contributed by atoms with Crippen LogP contribution in [0.3, 0.4) is 0 Å². The molecule has 0 radical (unpaired) electrons. The lowest BCUT2D eigenvalue weighted by molar-refractivity contribution is 0.0598. The Bertz CT molecular complexity index is 1450. The number of esters is 2. The molecule has 3 aromatic rings. The van der Waals surface area contributed by atoms with E-state index in [1.54, 1.807) is 37.3 Å². The van der Waals surface area contributed by atoms with E-state index >= 15 is 0 Å². The second kappa shape index (κ2) is 12.5. The summed E-state index contributed by atoms with van der Waals surface area (Å²) in [7, 11) is 0.0348. The van der Waals surface area contributed by atoms with Gasteiger partial charge in [0.15, 0.2) is 0 Å². The molecule has 1 N–H and O–H groups in total. The predicted octanol–water partition coefficient (Wildman–Crippen LogP) is 4.04. The van der Waals surface area contributed by atoms with Gasteiger partial charge >= 0.3 is 11.9 Å². The maximum atomic E-state index is 13.2. The summed E-state index contributed by atoms with van der Waals surface area (Å²) in [6.45, 7) is 3.94. The number of rotatable bonds is 10. The van der Waals surface area contributed by atoms with Crippen LogP contribution in [0, 0.1) is 6.92 Å². The van der Waals surface area contributed by atoms with E-state index in [0.717, 1.165) is 5.56 Å². The molecule has 0 fully saturated rings. The van der Waals surface area contributed by atoms with Crippen molar-refractivity contribution >= 4 is 33.6 Å². The van der Waals surface area contributed by atoms with E-state index in [-0.39, 0.29) is 33.8 Å². The lowest BCUT2D eigenvalue weighted by Gasteiger charge is -2.20. The van der Waals surface area contributed by atoms with Crippen molar-refractivity contribution in [3.63, 3.8) is 0 Å². The quantitative estimate of drug-likeness (QED) is 0.372. The summed E-state index contributed by atoms with van der Waals surface area (Å²) in [5.74, 6) is -1.52. The number of aryl methyl sites for hydroxylation is 1. The van der Waals surface area contributed by atoms with Crippen LogP contribution in [0.25, 0.3) is 0 Å². The average molecular weight is 555 g/mol. The van der Waals surface area contributed by atoms with Gasteiger partial charge in [-0.3, -0.25) is 4.79 Å². The van der Waals surface area contributed by atoms with Crippen molar-refractivity contribution in [2.75, 3.05) is 33.2 Å². The highest BCUT2D eigenvalue weighted by atomic mass is 32.2. The largest absolute Gasteiger partial charge is 0.494 e. The van der Waals surface area contributed by atoms with Crippen LogP contribution in [-0.2, 0) is 26.0 Å². The van der Waals surface area contributed by atoms with Crippen LogP contribution in [0.15, 0.2) is 65.6 Å². The Hall–Kier alpha value is -4.22. The van der Waals surface area contributed by atoms with Crippen LogP contribution in [-0.4, -0.2) is 58.4 Å². The third kappa shape index (κ3) is 7.01. The number of carbonyl (C=O) groups excluding carboxylic acids is 3. The summed E-state index contributed by atoms with van der Waals surface area (Å²) >= 11 is 0. The van der Waals surface area contributed by atoms with Crippen molar-refractivity contribution < 1.29 is 37.0 Å². The Kier molecular flexibility index (Phi) is 9.44. The van der Waals surface area contributed by atoms with Crippen molar-refractivity contribution in [3.05, 3.63) is 88.5 Å². The summed E-state index contributed by atoms with van der Waals surface area (Å²) < 4.78 is 42.6. The number of amides is 1. The first-order valence-corrected chi connectivity index (χ1v) is 13.4. The number of carbonyl (C=O) groups is 3. The summed E-state index contributed by atoms with van der Waals surface area (Å²) in [5, 5.41) is 2.66. The first-order valence-electron chi connectivity index (χ1n) is 11.9. The molecule has 0 aliphatic heterocycles. The van der Waals surface area contributed by atoms with Crippen molar-refractivity contribution in [2.45, 2.75) is 25.3 Å². The number of methoxy groups -OCH3 is 2. The van der Waals surface area contributed by atoms with Gasteiger partial charge in [0.2, 0.25) is 10.0 Å². The van der Waals surface area contributed by atoms with E-state index in [2.05, 4.69) is 5.32 Å². The third-order valence-electron chi connectivity index (χ3n) is 5.78. The Morgan fingerprint density at radius 3 is 1.97 bits per heavy atom. The Morgan fingerprint density at radius 2 is 1.44 bits per heavy atom. The SMILES string of the molecule is CCOc1ccc(C(=O)Nc2cc(C(=O)OC)cc(C(=O)OC)c2)cc1CN(C)S(=O)(=O)c1ccc(C)cc1. The molecule has 0 spiro atoms. The third-order valence-corrected chi connectivity index (χ3v) is 7.60. The van der Waals surface area contributed by atoms with Crippen LogP contribution in [0.5, 0.6) is 5.75 Å². The fourth-order valence-corrected chi connectivity index (χ4v) is 4.88. The Labute approximate surface area is 227 Å². The molecular formula is C28H30N2O8S. The number of hydrogen-bond acceptors (Lipinski definition) is 8. The number of nitrogens with zero attached hydrogens (tertiary/aromatic N) is 1. The topological polar surface area (TPSA) is 128 Å². The molecule has 1 amide bonds. The average Bonchev–Trinajstić information content (AvgIpc) is 2.93. The van der Waals surface area contributed by atoms with Crippen LogP contribution in [0.4, 0.5) is 5.69 Å². The van der Waals surface area contributed by atoms with Gasteiger partial charge in [-0.05, 0) is 62.4 Å². The highest BCUT2D eigenvalue weighted by Gasteiger charge is 2.23. The van der Waals surface area contributed by atoms with Crippen LogP contribution < -0.4 is 10.1 Å². The van der Waals surface area contributed by atoms with Gasteiger partial charge < -0.3 is 19.5 Å². The first-order chi connectivity index (χ1) is 18.5. The van der Waals surface area contributed by atoms with E-state index in [9.17, 15) is 22.8 Å². The minimum atomic E-state index is -3.81. The van der Waals surface area contributed by atoms with E-state index < -0.39 is 27.9 Å². The first kappa shape index (κ1) is 29.3. The van der Waals surface area contributed by atoms with Gasteiger partial charge in [0, 0.05) is 30.4 Å². The molecule has 39 heavy (non-hydrogen) atoms. The maximum Gasteiger partial charge on any atom is 0.337 e. The zero-order valence-corrected chi connectivity index (χ0v) is 23.1. The molecule has 0 aromatic heterocycles. The highest BCUT2D eigenvalue weighted by Crippen LogP contribution is 2.26. The molecule has 0 saturated heterocycles. The summed E-state index contributed by atoms with van der Waals surface area (Å²) in [5.41, 5.74) is 1.87. The van der Waals surface area contributed by atoms with Crippen molar-refractivity contribution in [1.82, 2.24) is 4.31 Å². The zero-order chi connectivity index (χ0) is 28.7. The molecule has 3 rings (SSSR count). The number of benzene rings is 3. The van der Waals surface area contributed by atoms with Gasteiger partial charge in [-0.1, -0.05) is 17.7 Å². The normalized spacial score (nSPS) is 11.1. The van der Waals surface area contributed by atoms with Gasteiger partial charge in [0.1, 0.15) is 5.75 Å². The van der Waals surface area contributed by atoms with Crippen LogP contribution in [0.1, 0.15) is 49.1 Å². The van der Waals surface area contributed by atoms with E-state index in [4.69, 9.17) is 14.2 Å². The molecule has 0 unspecified atom stereocenters. The lowest BCUT2D eigenvalue weighted by atomic mass is 10.1. The molecule has 206 valence electrons. The van der Waals surface area contributed by atoms with E-state index in [1.165, 1.54) is 55.9 Å². The van der Waals surface area contributed by atoms with Gasteiger partial charge in [0.05, 0.1) is 36.8 Å². The molecule has 11 heteroatoms. The van der Waals surface area contributed by atoms with Gasteiger partial charge in [-0.2, -0.15) is 4.31 Å². The minimum absolute atomic E-state index is 0.0472. The van der Waals surface area contributed by atoms with E-state index in [0.29, 0.717) is 17.9 Å². The van der Waals surface area contributed by atoms with E-state index in [1.807, 2.05) is 6.92 Å². The second-order valence-corrected chi connectivity index (χ2v) is 10.6. The Balaban J connectivity index is 1.92. The number of hydrogen-bond donors (Lipinski definition) is 1. The molecule has 0 bridgehead atoms. The number of nitrogens with one attached hydrogen (secondary N) is 1. The van der Waals surface area contributed by atoms with Crippen LogP contribution in [0.2, 0.25) is 0 Å². The van der Waals surface area contributed by atoms with Gasteiger partial charge in [0.25, 0.3) is 5.91 Å². The molecule has 0 aliphatic rings. The zero-order valence-electron chi connectivity index (χ0n) is 22.3. The molecule has 0 aliphatic carbocycles. The molecule has 10 nitrogen and oxygen atoms in total. The molecule has 0 saturated carbocycles. The minimum Gasteiger partial charge on any atom is -0.494 e. The monoisotopic (exact) mass is 554 g/mol. The van der Waals surface area contributed by atoms with Gasteiger partial charge in [-0.15, -0.1) is 0 Å². The number of anilines is 1. The predicted molar refractivity (Wildman–Crippen MR) is 145 cm³/mol. The Morgan fingerprint density at radius 1 is 0.846 bits per heavy atom. The molecular weight excluding hydrogens is 524 g/mol. The smallest absolute Gasteiger partial charge is 0.337 e. The fraction of sp³-hybridized carbons (Fsp3) is 0.250. The van der Waals surface area contributed by atoms with Crippen LogP contribution >= 0.6 is 0 Å². The van der Waals surface area contributed by atoms with Crippen molar-refractivity contribution in [1.29, 1.82) is 0 Å². The highest BCUT2D eigenvalue weighted by molar-refractivity contribution is 7.89. The second-order valence-electron chi connectivity index (χ2n) is 8.57. The number of ether oxygens (including phenoxy) is 3. The standard InChI is InChI=1S/C28H30N2O8S/c1-6-38-25-12-9-19(13-22(25)17-30(3)39(34,35)24-10-7-18(2)8-11-24)26(31)29-23-15-20(27(32)36-4)14-21(16-23)28(33)37-5/h7-16H,6,17H2,1-5H3,(H,29,31). The van der Waals surface area contributed by atoms with Crippen molar-refractivity contribution in [3.8, 4) is 5.75 Å². The summed E-state index contributed by atoms with van der Waals surface area (Å²) in [6.07, 6.45) is 0. The molecule has 0 atom stereocenters. The number of sulfonamides is 1. The van der Waals surface area contributed by atoms with Crippen molar-refractivity contribution in [2.24, 2.45) is 0 Å². The fourth-order valence-electron chi connectivity index (χ4n) is 3.73. The van der Waals surface area contributed by atoms with Gasteiger partial charge in [-0.25, -0.2) is 18.0 Å². The molecule has 0 heterocycles. The summed E-state index contributed by atoms with van der Waals surface area (Å²) in [4.78, 5) is 37.5. The maximum absolute atomic E-state index is 13.2. The summed E-state index contributed by atoms with van der Waals surface area (Å²) in [6, 6.07) is 15.2. The molecule has 3 aromatic carbocycles. The lowest BCUT2D eigenvalue weighted by Crippen LogP contribution is -2.27.